The van der Waals surface area contributed by atoms with Crippen molar-refractivity contribution in [3.63, 3.8) is 0 Å². The number of ketones is 1. The molecule has 230 valence electrons. The third-order valence-electron chi connectivity index (χ3n) is 8.57. The van der Waals surface area contributed by atoms with Gasteiger partial charge in [-0.25, -0.2) is 0 Å². The monoisotopic (exact) mass is 597 g/mol. The number of fused-ring (bicyclic) bond motifs is 1. The molecule has 0 spiro atoms. The van der Waals surface area contributed by atoms with Crippen LogP contribution in [-0.4, -0.2) is 61.6 Å². The minimum atomic E-state index is -0.853. The third kappa shape index (κ3) is 8.17. The van der Waals surface area contributed by atoms with Gasteiger partial charge in [-0.3, -0.25) is 19.2 Å². The lowest BCUT2D eigenvalue weighted by Gasteiger charge is -2.30. The van der Waals surface area contributed by atoms with Gasteiger partial charge in [-0.15, -0.1) is 0 Å². The van der Waals surface area contributed by atoms with E-state index in [0.29, 0.717) is 38.9 Å². The van der Waals surface area contributed by atoms with Gasteiger partial charge in [0.05, 0.1) is 31.7 Å². The van der Waals surface area contributed by atoms with E-state index in [-0.39, 0.29) is 55.1 Å². The molecule has 0 aliphatic carbocycles. The number of amides is 3. The first-order valence-corrected chi connectivity index (χ1v) is 15.3. The molecular formula is C35H39N3O6. The minimum absolute atomic E-state index is 0.0983. The van der Waals surface area contributed by atoms with Crippen LogP contribution in [0.15, 0.2) is 72.8 Å². The molecule has 9 heteroatoms. The largest absolute Gasteiger partial charge is 0.381 e. The maximum atomic E-state index is 14.0. The van der Waals surface area contributed by atoms with Gasteiger partial charge in [0.25, 0.3) is 0 Å². The number of nitrogens with one attached hydrogen (secondary N) is 3. The van der Waals surface area contributed by atoms with Gasteiger partial charge in [0.1, 0.15) is 6.29 Å². The molecule has 2 saturated heterocycles. The summed E-state index contributed by atoms with van der Waals surface area (Å²) in [5.74, 6) is -1.98. The Morgan fingerprint density at radius 3 is 2.39 bits per heavy atom. The molecule has 4 atom stereocenters. The van der Waals surface area contributed by atoms with Crippen molar-refractivity contribution in [2.45, 2.75) is 50.6 Å². The molecule has 3 amide bonds. The molecule has 9 nitrogen and oxygen atoms in total. The van der Waals surface area contributed by atoms with E-state index in [1.165, 1.54) is 0 Å². The molecule has 2 heterocycles. The fraction of sp³-hybridized carbons (Fsp3) is 0.400. The van der Waals surface area contributed by atoms with Crippen molar-refractivity contribution >= 4 is 40.6 Å². The average Bonchev–Trinajstić information content (AvgIpc) is 3.41. The maximum absolute atomic E-state index is 14.0. The number of Topliss-reactive ketones (excluding diaryl/α,β-unsaturated/α-hetero) is 1. The van der Waals surface area contributed by atoms with E-state index in [1.54, 1.807) is 0 Å². The summed E-state index contributed by atoms with van der Waals surface area (Å²) in [6.45, 7) is 1.56. The smallest absolute Gasteiger partial charge is 0.225 e. The number of benzene rings is 3. The Kier molecular flexibility index (Phi) is 10.5. The zero-order chi connectivity index (χ0) is 30.9. The summed E-state index contributed by atoms with van der Waals surface area (Å²) in [5.41, 5.74) is 1.75. The first-order valence-electron chi connectivity index (χ1n) is 15.3. The zero-order valence-corrected chi connectivity index (χ0v) is 24.7. The summed E-state index contributed by atoms with van der Waals surface area (Å²) in [5, 5.41) is 10.5. The third-order valence-corrected chi connectivity index (χ3v) is 8.57. The lowest BCUT2D eigenvalue weighted by molar-refractivity contribution is -0.134. The van der Waals surface area contributed by atoms with E-state index in [4.69, 9.17) is 4.74 Å². The second-order valence-corrected chi connectivity index (χ2v) is 11.9. The Hall–Kier alpha value is -4.37. The van der Waals surface area contributed by atoms with Crippen LogP contribution in [0.2, 0.25) is 0 Å². The van der Waals surface area contributed by atoms with Crippen molar-refractivity contribution in [1.82, 2.24) is 16.0 Å². The van der Waals surface area contributed by atoms with Crippen LogP contribution < -0.4 is 16.0 Å². The molecule has 2 aliphatic rings. The highest BCUT2D eigenvalue weighted by Crippen LogP contribution is 2.26. The van der Waals surface area contributed by atoms with Crippen molar-refractivity contribution in [2.75, 3.05) is 19.8 Å². The highest BCUT2D eigenvalue weighted by molar-refractivity contribution is 5.94. The van der Waals surface area contributed by atoms with Crippen LogP contribution in [0.1, 0.15) is 36.8 Å². The molecule has 0 saturated carbocycles. The van der Waals surface area contributed by atoms with Gasteiger partial charge in [0, 0.05) is 37.1 Å². The Balaban J connectivity index is 1.33. The van der Waals surface area contributed by atoms with Gasteiger partial charge in [-0.05, 0) is 41.2 Å². The van der Waals surface area contributed by atoms with E-state index in [1.807, 2.05) is 72.8 Å². The van der Waals surface area contributed by atoms with Crippen LogP contribution >= 0.6 is 0 Å². The van der Waals surface area contributed by atoms with Crippen LogP contribution in [0, 0.1) is 17.8 Å². The Labute approximate surface area is 257 Å². The minimum Gasteiger partial charge on any atom is -0.381 e. The zero-order valence-electron chi connectivity index (χ0n) is 24.7. The molecule has 3 N–H and O–H groups in total. The quantitative estimate of drug-likeness (QED) is 0.231. The Bertz CT molecular complexity index is 1480. The summed E-state index contributed by atoms with van der Waals surface area (Å²) < 4.78 is 5.33. The Morgan fingerprint density at radius 1 is 0.932 bits per heavy atom. The van der Waals surface area contributed by atoms with Gasteiger partial charge >= 0.3 is 0 Å². The maximum Gasteiger partial charge on any atom is 0.225 e. The van der Waals surface area contributed by atoms with Crippen molar-refractivity contribution in [3.05, 3.63) is 83.9 Å². The first kappa shape index (κ1) is 31.1. The number of hydrogen-bond acceptors (Lipinski definition) is 6. The van der Waals surface area contributed by atoms with Crippen molar-refractivity contribution in [1.29, 1.82) is 0 Å². The lowest BCUT2D eigenvalue weighted by atomic mass is 9.85. The second kappa shape index (κ2) is 14.9. The van der Waals surface area contributed by atoms with Crippen LogP contribution in [-0.2, 0) is 41.6 Å². The van der Waals surface area contributed by atoms with E-state index < -0.39 is 23.9 Å². The van der Waals surface area contributed by atoms with E-state index in [2.05, 4.69) is 16.0 Å². The molecule has 0 radical (unpaired) electrons. The number of carbonyl (C=O) groups is 5. The first-order chi connectivity index (χ1) is 21.4. The van der Waals surface area contributed by atoms with Gasteiger partial charge in [0.2, 0.25) is 17.7 Å². The summed E-state index contributed by atoms with van der Waals surface area (Å²) in [6.07, 6.45) is 2.20. The lowest BCUT2D eigenvalue weighted by Crippen LogP contribution is -2.47. The number of ether oxygens (including phenoxy) is 1. The Morgan fingerprint density at radius 2 is 1.68 bits per heavy atom. The fourth-order valence-electron chi connectivity index (χ4n) is 6.08. The summed E-state index contributed by atoms with van der Waals surface area (Å²) >= 11 is 0. The van der Waals surface area contributed by atoms with Gasteiger partial charge in [-0.2, -0.15) is 0 Å². The normalized spacial score (nSPS) is 18.5. The van der Waals surface area contributed by atoms with Crippen LogP contribution in [0.3, 0.4) is 0 Å². The number of carbonyl (C=O) groups excluding carboxylic acids is 5. The summed E-state index contributed by atoms with van der Waals surface area (Å²) in [6, 6.07) is 21.4. The predicted octanol–water partition coefficient (Wildman–Crippen LogP) is 2.93. The van der Waals surface area contributed by atoms with Crippen LogP contribution in [0.25, 0.3) is 10.8 Å². The number of hydrogen-bond donors (Lipinski definition) is 3. The van der Waals surface area contributed by atoms with Crippen LogP contribution in [0.5, 0.6) is 0 Å². The molecule has 44 heavy (non-hydrogen) atoms. The molecule has 0 bridgehead atoms. The van der Waals surface area contributed by atoms with Crippen LogP contribution in [0.4, 0.5) is 0 Å². The predicted molar refractivity (Wildman–Crippen MR) is 165 cm³/mol. The molecular weight excluding hydrogens is 558 g/mol. The topological polar surface area (TPSA) is 131 Å². The van der Waals surface area contributed by atoms with Gasteiger partial charge < -0.3 is 25.5 Å². The summed E-state index contributed by atoms with van der Waals surface area (Å²) in [4.78, 5) is 64.7. The molecule has 5 rings (SSSR count). The van der Waals surface area contributed by atoms with Crippen molar-refractivity contribution in [2.24, 2.45) is 17.8 Å². The SMILES string of the molecule is O=C[C@H](C[C@@H]1CCNC1=O)NC(=O)[C@@H](CC(=O)[C@H](Cc1cccc2ccccc12)NC(=O)Cc1ccccc1)CC1COC1. The molecule has 0 aromatic heterocycles. The highest BCUT2D eigenvalue weighted by atomic mass is 16.5. The van der Waals surface area contributed by atoms with Gasteiger partial charge in [0.15, 0.2) is 5.78 Å². The highest BCUT2D eigenvalue weighted by Gasteiger charge is 2.34. The standard InChI is InChI=1S/C35H39N3O6/c39-20-29(17-27-13-14-36-34(27)42)37-35(43)28(15-24-21-44-22-24)19-32(40)31(38-33(41)16-23-7-2-1-3-8-23)18-26-11-6-10-25-9-4-5-12-30(25)26/h1-12,20,24,27-29,31H,13-19,21-22H2,(H,36,42)(H,37,43)(H,38,41)/t27-,28+,29-,31-/m0/s1. The van der Waals surface area contributed by atoms with Crippen molar-refractivity contribution in [3.8, 4) is 0 Å². The molecule has 0 unspecified atom stereocenters. The van der Waals surface area contributed by atoms with E-state index in [9.17, 15) is 24.0 Å². The number of aldehydes is 1. The van der Waals surface area contributed by atoms with Crippen molar-refractivity contribution < 1.29 is 28.7 Å². The van der Waals surface area contributed by atoms with E-state index in [0.717, 1.165) is 21.9 Å². The fourth-order valence-corrected chi connectivity index (χ4v) is 6.08. The number of rotatable bonds is 15. The molecule has 2 fully saturated rings. The van der Waals surface area contributed by atoms with E-state index >= 15 is 0 Å². The molecule has 3 aromatic rings. The summed E-state index contributed by atoms with van der Waals surface area (Å²) in [7, 11) is 0. The van der Waals surface area contributed by atoms with Gasteiger partial charge in [-0.1, -0.05) is 72.8 Å². The molecule has 3 aromatic carbocycles. The molecule has 2 aliphatic heterocycles. The average molecular weight is 598 g/mol. The second-order valence-electron chi connectivity index (χ2n) is 11.9.